The van der Waals surface area contributed by atoms with Crippen LogP contribution in [0.15, 0.2) is 83.0 Å². The summed E-state index contributed by atoms with van der Waals surface area (Å²) in [5, 5.41) is 11.7. The SMILES string of the molecule is COc1cc2cc(C(=O)Nc3ccc(/C(C)=N/N=C(/C)N)cc3)[nH]c2cc1OCc1ccccc1. The first-order valence-corrected chi connectivity index (χ1v) is 11.1. The molecule has 8 nitrogen and oxygen atoms in total. The van der Waals surface area contributed by atoms with Crippen LogP contribution in [0.4, 0.5) is 5.69 Å². The molecule has 8 heteroatoms. The highest BCUT2D eigenvalue weighted by atomic mass is 16.5. The number of hydrogen-bond donors (Lipinski definition) is 3. The van der Waals surface area contributed by atoms with Crippen LogP contribution in [-0.2, 0) is 6.61 Å². The molecule has 0 saturated carbocycles. The third-order valence-electron chi connectivity index (χ3n) is 5.31. The number of amidine groups is 1. The van der Waals surface area contributed by atoms with Crippen molar-refractivity contribution >= 4 is 34.0 Å². The van der Waals surface area contributed by atoms with E-state index in [9.17, 15) is 4.79 Å². The summed E-state index contributed by atoms with van der Waals surface area (Å²) in [4.78, 5) is 16.0. The van der Waals surface area contributed by atoms with Gasteiger partial charge in [-0.2, -0.15) is 5.10 Å². The molecule has 0 bridgehead atoms. The van der Waals surface area contributed by atoms with E-state index in [1.54, 1.807) is 20.1 Å². The number of carbonyl (C=O) groups is 1. The van der Waals surface area contributed by atoms with Crippen molar-refractivity contribution in [1.29, 1.82) is 0 Å². The van der Waals surface area contributed by atoms with Gasteiger partial charge in [0.05, 0.1) is 12.8 Å². The van der Waals surface area contributed by atoms with Crippen LogP contribution < -0.4 is 20.5 Å². The first-order chi connectivity index (χ1) is 16.9. The number of aromatic nitrogens is 1. The third-order valence-corrected chi connectivity index (χ3v) is 5.31. The van der Waals surface area contributed by atoms with E-state index in [0.29, 0.717) is 35.3 Å². The maximum Gasteiger partial charge on any atom is 0.272 e. The molecule has 35 heavy (non-hydrogen) atoms. The predicted octanol–water partition coefficient (Wildman–Crippen LogP) is 5.11. The smallest absolute Gasteiger partial charge is 0.272 e. The van der Waals surface area contributed by atoms with Crippen LogP contribution in [0.5, 0.6) is 11.5 Å². The highest BCUT2D eigenvalue weighted by molar-refractivity contribution is 6.06. The molecule has 0 aliphatic rings. The van der Waals surface area contributed by atoms with Crippen molar-refractivity contribution in [3.05, 3.63) is 89.6 Å². The van der Waals surface area contributed by atoms with E-state index in [1.807, 2.05) is 73.7 Å². The lowest BCUT2D eigenvalue weighted by Gasteiger charge is -2.11. The van der Waals surface area contributed by atoms with Crippen molar-refractivity contribution in [3.8, 4) is 11.5 Å². The van der Waals surface area contributed by atoms with Gasteiger partial charge in [0, 0.05) is 22.7 Å². The van der Waals surface area contributed by atoms with Crippen LogP contribution in [-0.4, -0.2) is 29.5 Å². The van der Waals surface area contributed by atoms with Crippen molar-refractivity contribution in [3.63, 3.8) is 0 Å². The normalized spacial score (nSPS) is 12.0. The first-order valence-electron chi connectivity index (χ1n) is 11.1. The lowest BCUT2D eigenvalue weighted by Crippen LogP contribution is -2.12. The molecule has 4 aromatic rings. The number of aromatic amines is 1. The molecule has 4 rings (SSSR count). The van der Waals surface area contributed by atoms with E-state index in [1.165, 1.54) is 0 Å². The molecule has 0 atom stereocenters. The molecule has 0 aliphatic carbocycles. The largest absolute Gasteiger partial charge is 0.493 e. The van der Waals surface area contributed by atoms with Crippen molar-refractivity contribution in [2.24, 2.45) is 15.9 Å². The third kappa shape index (κ3) is 5.86. The summed E-state index contributed by atoms with van der Waals surface area (Å²) < 4.78 is 11.5. The van der Waals surface area contributed by atoms with Gasteiger partial charge >= 0.3 is 0 Å². The van der Waals surface area contributed by atoms with Crippen LogP contribution in [0.1, 0.15) is 35.5 Å². The molecule has 0 aliphatic heterocycles. The van der Waals surface area contributed by atoms with Gasteiger partial charge in [-0.25, -0.2) is 0 Å². The number of H-pyrrole nitrogens is 1. The van der Waals surface area contributed by atoms with Crippen molar-refractivity contribution in [1.82, 2.24) is 4.98 Å². The number of nitrogens with two attached hydrogens (primary N) is 1. The van der Waals surface area contributed by atoms with Gasteiger partial charge in [0.25, 0.3) is 5.91 Å². The second kappa shape index (κ2) is 10.6. The second-order valence-corrected chi connectivity index (χ2v) is 8.01. The molecular formula is C27H27N5O3. The zero-order valence-electron chi connectivity index (χ0n) is 19.8. The van der Waals surface area contributed by atoms with Gasteiger partial charge in [-0.15, -0.1) is 5.10 Å². The zero-order chi connectivity index (χ0) is 24.8. The lowest BCUT2D eigenvalue weighted by atomic mass is 10.1. The Morgan fingerprint density at radius 3 is 2.40 bits per heavy atom. The molecule has 3 aromatic carbocycles. The molecule has 1 amide bonds. The van der Waals surface area contributed by atoms with Gasteiger partial charge < -0.3 is 25.5 Å². The molecule has 1 aromatic heterocycles. The standard InChI is InChI=1S/C27H27N5O3/c1-17(31-32-18(2)28)20-9-11-22(12-10-20)29-27(33)24-13-21-14-25(34-3)26(15-23(21)30-24)35-16-19-7-5-4-6-8-19/h4-15,30H,16H2,1-3H3,(H2,28,32)(H,29,33)/b31-17+. The van der Waals surface area contributed by atoms with E-state index in [2.05, 4.69) is 20.5 Å². The number of fused-ring (bicyclic) bond motifs is 1. The number of nitrogens with one attached hydrogen (secondary N) is 2. The molecule has 0 radical (unpaired) electrons. The van der Waals surface area contributed by atoms with Crippen LogP contribution in [0.3, 0.4) is 0 Å². The summed E-state index contributed by atoms with van der Waals surface area (Å²) >= 11 is 0. The number of rotatable bonds is 8. The summed E-state index contributed by atoms with van der Waals surface area (Å²) in [6.07, 6.45) is 0. The number of benzene rings is 3. The van der Waals surface area contributed by atoms with Crippen LogP contribution in [0, 0.1) is 0 Å². The summed E-state index contributed by atoms with van der Waals surface area (Å²) in [6.45, 7) is 3.93. The fourth-order valence-corrected chi connectivity index (χ4v) is 3.47. The van der Waals surface area contributed by atoms with Gasteiger partial charge in [-0.1, -0.05) is 42.5 Å². The number of hydrogen-bond acceptors (Lipinski definition) is 5. The minimum atomic E-state index is -0.256. The Balaban J connectivity index is 1.49. The van der Waals surface area contributed by atoms with Gasteiger partial charge in [0.1, 0.15) is 18.1 Å². The van der Waals surface area contributed by atoms with Crippen LogP contribution in [0.2, 0.25) is 0 Å². The van der Waals surface area contributed by atoms with E-state index in [4.69, 9.17) is 15.2 Å². The fourth-order valence-electron chi connectivity index (χ4n) is 3.47. The Morgan fingerprint density at radius 2 is 1.71 bits per heavy atom. The molecule has 0 saturated heterocycles. The monoisotopic (exact) mass is 469 g/mol. The van der Waals surface area contributed by atoms with Crippen molar-refractivity contribution < 1.29 is 14.3 Å². The zero-order valence-corrected chi connectivity index (χ0v) is 19.8. The summed E-state index contributed by atoms with van der Waals surface area (Å²) in [6, 6.07) is 22.7. The number of anilines is 1. The summed E-state index contributed by atoms with van der Waals surface area (Å²) in [5.41, 5.74) is 10.0. The first kappa shape index (κ1) is 23.6. The van der Waals surface area contributed by atoms with E-state index in [-0.39, 0.29) is 5.91 Å². The minimum absolute atomic E-state index is 0.256. The molecule has 0 spiro atoms. The predicted molar refractivity (Wildman–Crippen MR) is 140 cm³/mol. The Labute approximate surface area is 203 Å². The van der Waals surface area contributed by atoms with Gasteiger partial charge in [0.2, 0.25) is 0 Å². The number of amides is 1. The quantitative estimate of drug-likeness (QED) is 0.189. The van der Waals surface area contributed by atoms with Gasteiger partial charge in [0.15, 0.2) is 11.5 Å². The van der Waals surface area contributed by atoms with Crippen molar-refractivity contribution in [2.75, 3.05) is 12.4 Å². The van der Waals surface area contributed by atoms with Crippen LogP contribution in [0.25, 0.3) is 10.9 Å². The van der Waals surface area contributed by atoms with E-state index < -0.39 is 0 Å². The molecular weight excluding hydrogens is 442 g/mol. The number of carbonyl (C=O) groups excluding carboxylic acids is 1. The highest BCUT2D eigenvalue weighted by Gasteiger charge is 2.14. The molecule has 4 N–H and O–H groups in total. The lowest BCUT2D eigenvalue weighted by molar-refractivity contribution is 0.102. The van der Waals surface area contributed by atoms with E-state index in [0.717, 1.165) is 27.7 Å². The number of ether oxygens (including phenoxy) is 2. The minimum Gasteiger partial charge on any atom is -0.493 e. The second-order valence-electron chi connectivity index (χ2n) is 8.01. The topological polar surface area (TPSA) is 114 Å². The van der Waals surface area contributed by atoms with E-state index >= 15 is 0 Å². The maximum atomic E-state index is 12.9. The maximum absolute atomic E-state index is 12.9. The highest BCUT2D eigenvalue weighted by Crippen LogP contribution is 2.33. The Morgan fingerprint density at radius 1 is 0.971 bits per heavy atom. The molecule has 0 fully saturated rings. The average molecular weight is 470 g/mol. The Bertz CT molecular complexity index is 1390. The Hall–Kier alpha value is -4.59. The molecule has 1 heterocycles. The summed E-state index contributed by atoms with van der Waals surface area (Å²) in [5.74, 6) is 1.33. The Kier molecular flexibility index (Phi) is 7.11. The van der Waals surface area contributed by atoms with Gasteiger partial charge in [-0.3, -0.25) is 4.79 Å². The van der Waals surface area contributed by atoms with Crippen molar-refractivity contribution in [2.45, 2.75) is 20.5 Å². The number of methoxy groups -OCH3 is 1. The van der Waals surface area contributed by atoms with Gasteiger partial charge in [-0.05, 0) is 49.2 Å². The fraction of sp³-hybridized carbons (Fsp3) is 0.148. The van der Waals surface area contributed by atoms with Crippen LogP contribution >= 0.6 is 0 Å². The summed E-state index contributed by atoms with van der Waals surface area (Å²) in [7, 11) is 1.59. The molecule has 0 unspecified atom stereocenters. The average Bonchev–Trinajstić information content (AvgIpc) is 3.29. The number of nitrogens with zero attached hydrogens (tertiary/aromatic N) is 2. The molecule has 178 valence electrons.